The van der Waals surface area contributed by atoms with Gasteiger partial charge in [0, 0.05) is 43.0 Å². The van der Waals surface area contributed by atoms with Crippen molar-refractivity contribution in [1.29, 1.82) is 0 Å². The number of carbonyl (C=O) groups is 1. The molecule has 0 saturated carbocycles. The van der Waals surface area contributed by atoms with E-state index in [1.807, 2.05) is 0 Å². The zero-order valence-corrected chi connectivity index (χ0v) is 17.7. The van der Waals surface area contributed by atoms with Gasteiger partial charge >= 0.3 is 0 Å². The molecule has 8 nitrogen and oxygen atoms in total. The monoisotopic (exact) mass is 439 g/mol. The molecule has 1 amide bonds. The van der Waals surface area contributed by atoms with Crippen LogP contribution in [0.2, 0.25) is 5.02 Å². The second-order valence-electron chi connectivity index (χ2n) is 6.71. The second-order valence-corrected chi connectivity index (χ2v) is 9.09. The predicted octanol–water partition coefficient (Wildman–Crippen LogP) is 1.35. The molecule has 0 spiro atoms. The van der Waals surface area contributed by atoms with Crippen molar-refractivity contribution >= 4 is 27.5 Å². The molecule has 156 valence electrons. The van der Waals surface area contributed by atoms with E-state index in [-0.39, 0.29) is 41.6 Å². The number of benzene rings is 1. The third-order valence-corrected chi connectivity index (χ3v) is 7.04. The van der Waals surface area contributed by atoms with Crippen molar-refractivity contribution in [3.05, 3.63) is 57.5 Å². The molecule has 1 saturated heterocycles. The number of pyridine rings is 1. The van der Waals surface area contributed by atoms with E-state index >= 15 is 0 Å². The first-order valence-electron chi connectivity index (χ1n) is 9.01. The third-order valence-electron chi connectivity index (χ3n) is 4.88. The van der Waals surface area contributed by atoms with E-state index in [0.717, 1.165) is 0 Å². The summed E-state index contributed by atoms with van der Waals surface area (Å²) < 4.78 is 33.5. The summed E-state index contributed by atoms with van der Waals surface area (Å²) in [6, 6.07) is 7.44. The molecule has 1 aliphatic heterocycles. The number of carbonyl (C=O) groups excluding carboxylic acids is 1. The van der Waals surface area contributed by atoms with Gasteiger partial charge < -0.3 is 14.2 Å². The number of sulfonamides is 1. The number of piperazine rings is 1. The van der Waals surface area contributed by atoms with E-state index in [4.69, 9.17) is 16.3 Å². The van der Waals surface area contributed by atoms with Crippen molar-refractivity contribution in [2.24, 2.45) is 0 Å². The van der Waals surface area contributed by atoms with Gasteiger partial charge in [-0.15, -0.1) is 0 Å². The lowest BCUT2D eigenvalue weighted by atomic mass is 10.3. The molecule has 0 aliphatic carbocycles. The molecule has 29 heavy (non-hydrogen) atoms. The highest BCUT2D eigenvalue weighted by Crippen LogP contribution is 2.20. The molecule has 0 atom stereocenters. The van der Waals surface area contributed by atoms with Crippen LogP contribution in [0.15, 0.2) is 46.2 Å². The van der Waals surface area contributed by atoms with Crippen LogP contribution in [-0.2, 0) is 21.4 Å². The molecule has 0 bridgehead atoms. The van der Waals surface area contributed by atoms with Crippen molar-refractivity contribution < 1.29 is 17.9 Å². The molecule has 2 heterocycles. The van der Waals surface area contributed by atoms with E-state index < -0.39 is 10.0 Å². The highest BCUT2D eigenvalue weighted by atomic mass is 35.5. The van der Waals surface area contributed by atoms with Gasteiger partial charge in [0.15, 0.2) is 5.75 Å². The average molecular weight is 440 g/mol. The van der Waals surface area contributed by atoms with Crippen LogP contribution in [0.5, 0.6) is 5.75 Å². The SMILES string of the molecule is COc1cn(CC(=O)N2CCN(S(=O)(=O)c3ccc(Cl)cc3)CC2)c(C)cc1=O. The quantitative estimate of drug-likeness (QED) is 0.701. The molecule has 10 heteroatoms. The summed E-state index contributed by atoms with van der Waals surface area (Å²) in [5, 5.41) is 0.466. The first-order valence-corrected chi connectivity index (χ1v) is 10.8. The van der Waals surface area contributed by atoms with Crippen molar-refractivity contribution in [1.82, 2.24) is 13.8 Å². The lowest BCUT2D eigenvalue weighted by Crippen LogP contribution is -2.51. The number of methoxy groups -OCH3 is 1. The van der Waals surface area contributed by atoms with Gasteiger partial charge in [-0.1, -0.05) is 11.6 Å². The van der Waals surface area contributed by atoms with E-state index in [2.05, 4.69) is 0 Å². The van der Waals surface area contributed by atoms with Crippen molar-refractivity contribution in [3.63, 3.8) is 0 Å². The molecule has 0 N–H and O–H groups in total. The molecule has 2 aromatic rings. The fourth-order valence-corrected chi connectivity index (χ4v) is 4.70. The molecule has 0 unspecified atom stereocenters. The van der Waals surface area contributed by atoms with E-state index in [1.165, 1.54) is 47.9 Å². The topological polar surface area (TPSA) is 88.9 Å². The molecule has 1 fully saturated rings. The number of amides is 1. The summed E-state index contributed by atoms with van der Waals surface area (Å²) in [6.07, 6.45) is 1.51. The minimum absolute atomic E-state index is 0.0480. The summed E-state index contributed by atoms with van der Waals surface area (Å²) in [5.74, 6) is 0.0182. The Morgan fingerprint density at radius 2 is 1.76 bits per heavy atom. The smallest absolute Gasteiger partial charge is 0.243 e. The fraction of sp³-hybridized carbons (Fsp3) is 0.368. The van der Waals surface area contributed by atoms with Gasteiger partial charge in [0.2, 0.25) is 21.4 Å². The summed E-state index contributed by atoms with van der Waals surface area (Å²) in [7, 11) is -2.23. The molecule has 1 aromatic heterocycles. The number of aromatic nitrogens is 1. The molecular formula is C19H22ClN3O5S. The first-order chi connectivity index (χ1) is 13.7. The number of hydrogen-bond donors (Lipinski definition) is 0. The van der Waals surface area contributed by atoms with Crippen LogP contribution in [0.1, 0.15) is 5.69 Å². The fourth-order valence-electron chi connectivity index (χ4n) is 3.15. The Balaban J connectivity index is 1.65. The van der Waals surface area contributed by atoms with Crippen LogP contribution in [0, 0.1) is 6.92 Å². The maximum absolute atomic E-state index is 12.7. The summed E-state index contributed by atoms with van der Waals surface area (Å²) in [4.78, 5) is 26.2. The zero-order chi connectivity index (χ0) is 21.2. The predicted molar refractivity (Wildman–Crippen MR) is 109 cm³/mol. The van der Waals surface area contributed by atoms with Gasteiger partial charge in [-0.05, 0) is 31.2 Å². The van der Waals surface area contributed by atoms with Gasteiger partial charge in [-0.2, -0.15) is 4.31 Å². The van der Waals surface area contributed by atoms with Gasteiger partial charge in [-0.25, -0.2) is 8.42 Å². The molecule has 1 aliphatic rings. The van der Waals surface area contributed by atoms with E-state index in [0.29, 0.717) is 23.8 Å². The molecule has 1 aromatic carbocycles. The summed E-state index contributed by atoms with van der Waals surface area (Å²) in [5.41, 5.74) is 0.405. The van der Waals surface area contributed by atoms with Crippen LogP contribution in [0.25, 0.3) is 0 Å². The van der Waals surface area contributed by atoms with Crippen LogP contribution in [0.4, 0.5) is 0 Å². The second kappa shape index (κ2) is 8.56. The maximum Gasteiger partial charge on any atom is 0.243 e. The highest BCUT2D eigenvalue weighted by Gasteiger charge is 2.30. The van der Waals surface area contributed by atoms with Crippen LogP contribution in [0.3, 0.4) is 0 Å². The normalized spacial score (nSPS) is 15.3. The number of nitrogens with zero attached hydrogens (tertiary/aromatic N) is 3. The number of aryl methyl sites for hydroxylation is 1. The Kier molecular flexibility index (Phi) is 6.30. The largest absolute Gasteiger partial charge is 0.491 e. The standard InChI is InChI=1S/C19H22ClN3O5S/c1-14-11-17(24)18(28-2)12-22(14)13-19(25)21-7-9-23(10-8-21)29(26,27)16-5-3-15(20)4-6-16/h3-6,11-12H,7-10,13H2,1-2H3. The zero-order valence-electron chi connectivity index (χ0n) is 16.2. The molecule has 3 rings (SSSR count). The van der Waals surface area contributed by atoms with E-state index in [9.17, 15) is 18.0 Å². The van der Waals surface area contributed by atoms with Gasteiger partial charge in [0.1, 0.15) is 6.54 Å². The lowest BCUT2D eigenvalue weighted by Gasteiger charge is -2.34. The Morgan fingerprint density at radius 1 is 1.14 bits per heavy atom. The Morgan fingerprint density at radius 3 is 2.34 bits per heavy atom. The van der Waals surface area contributed by atoms with Crippen molar-refractivity contribution in [2.75, 3.05) is 33.3 Å². The van der Waals surface area contributed by atoms with Gasteiger partial charge in [0.05, 0.1) is 18.2 Å². The van der Waals surface area contributed by atoms with Crippen LogP contribution in [-0.4, -0.2) is 61.4 Å². The highest BCUT2D eigenvalue weighted by molar-refractivity contribution is 7.89. The van der Waals surface area contributed by atoms with Crippen LogP contribution >= 0.6 is 11.6 Å². The minimum atomic E-state index is -3.63. The summed E-state index contributed by atoms with van der Waals surface area (Å²) in [6.45, 7) is 2.80. The van der Waals surface area contributed by atoms with Crippen LogP contribution < -0.4 is 10.2 Å². The number of ether oxygens (including phenoxy) is 1. The van der Waals surface area contributed by atoms with Crippen molar-refractivity contribution in [2.45, 2.75) is 18.4 Å². The van der Waals surface area contributed by atoms with Gasteiger partial charge in [0.25, 0.3) is 0 Å². The van der Waals surface area contributed by atoms with Crippen molar-refractivity contribution in [3.8, 4) is 5.75 Å². The third kappa shape index (κ3) is 4.63. The van der Waals surface area contributed by atoms with E-state index in [1.54, 1.807) is 16.4 Å². The molecule has 0 radical (unpaired) electrons. The Bertz CT molecular complexity index is 1060. The number of rotatable bonds is 5. The average Bonchev–Trinajstić information content (AvgIpc) is 2.70. The maximum atomic E-state index is 12.7. The first kappa shape index (κ1) is 21.4. The van der Waals surface area contributed by atoms with Gasteiger partial charge in [-0.3, -0.25) is 9.59 Å². The Labute approximate surface area is 174 Å². The molecular weight excluding hydrogens is 418 g/mol. The number of hydrogen-bond acceptors (Lipinski definition) is 5. The summed E-state index contributed by atoms with van der Waals surface area (Å²) >= 11 is 5.83. The minimum Gasteiger partial charge on any atom is -0.491 e. The lowest BCUT2D eigenvalue weighted by molar-refractivity contribution is -0.133. The Hall–Kier alpha value is -2.36. The number of halogens is 1.